The van der Waals surface area contributed by atoms with Crippen molar-refractivity contribution in [1.82, 2.24) is 10.2 Å². The van der Waals surface area contributed by atoms with Crippen LogP contribution in [0.25, 0.3) is 0 Å². The molecule has 0 aliphatic heterocycles. The van der Waals surface area contributed by atoms with E-state index in [9.17, 15) is 14.4 Å². The summed E-state index contributed by atoms with van der Waals surface area (Å²) in [4.78, 5) is 42.2. The molecular weight excluding hydrogens is 514 g/mol. The summed E-state index contributed by atoms with van der Waals surface area (Å²) in [6.45, 7) is 11.4. The van der Waals surface area contributed by atoms with Crippen molar-refractivity contribution in [3.8, 4) is 5.75 Å². The normalized spacial score (nSPS) is 13.7. The van der Waals surface area contributed by atoms with Crippen molar-refractivity contribution in [2.24, 2.45) is 5.92 Å². The number of amides is 3. The van der Waals surface area contributed by atoms with Gasteiger partial charge >= 0.3 is 6.09 Å². The number of benzene rings is 2. The molecule has 0 radical (unpaired) electrons. The summed E-state index contributed by atoms with van der Waals surface area (Å²) in [6, 6.07) is 13.9. The first-order valence-electron chi connectivity index (χ1n) is 13.3. The topological polar surface area (TPSA) is 97.0 Å². The van der Waals surface area contributed by atoms with E-state index in [1.807, 2.05) is 37.3 Å². The molecule has 0 spiro atoms. The quantitative estimate of drug-likeness (QED) is 0.285. The summed E-state index contributed by atoms with van der Waals surface area (Å²) in [5.41, 5.74) is 0.494. The zero-order chi connectivity index (χ0) is 29.2. The molecule has 0 bridgehead atoms. The summed E-state index contributed by atoms with van der Waals surface area (Å²) >= 11 is 4.37. The monoisotopic (exact) mass is 557 g/mol. The molecular formula is C30H43N3O5S. The maximum absolute atomic E-state index is 14.1. The molecule has 214 valence electrons. The summed E-state index contributed by atoms with van der Waals surface area (Å²) in [6.07, 6.45) is 0.815. The lowest BCUT2D eigenvalue weighted by Crippen LogP contribution is -2.55. The Morgan fingerprint density at radius 3 is 2.08 bits per heavy atom. The SMILES string of the molecule is COc1ccc(NC(=O)C(c2ccccc2)N(C(=O)C(CS)NC(=O)OC(C)(C)C)C(C)CCC(C)C)cc1. The van der Waals surface area contributed by atoms with Gasteiger partial charge < -0.3 is 25.0 Å². The molecule has 2 aromatic carbocycles. The number of nitrogens with one attached hydrogen (secondary N) is 2. The maximum atomic E-state index is 14.1. The Labute approximate surface area is 238 Å². The first-order valence-corrected chi connectivity index (χ1v) is 13.9. The smallest absolute Gasteiger partial charge is 0.408 e. The number of alkyl carbamates (subject to hydrolysis) is 1. The summed E-state index contributed by atoms with van der Waals surface area (Å²) < 4.78 is 10.6. The second-order valence-corrected chi connectivity index (χ2v) is 11.3. The molecule has 0 aliphatic carbocycles. The molecule has 0 saturated heterocycles. The fourth-order valence-electron chi connectivity index (χ4n) is 4.09. The molecule has 3 atom stereocenters. The molecule has 9 heteroatoms. The highest BCUT2D eigenvalue weighted by atomic mass is 32.1. The van der Waals surface area contributed by atoms with Gasteiger partial charge in [-0.3, -0.25) is 9.59 Å². The minimum absolute atomic E-state index is 0.0348. The van der Waals surface area contributed by atoms with E-state index >= 15 is 0 Å². The predicted octanol–water partition coefficient (Wildman–Crippen LogP) is 5.85. The number of anilines is 1. The Bertz CT molecular complexity index is 1070. The molecule has 0 fully saturated rings. The van der Waals surface area contributed by atoms with Crippen LogP contribution in [-0.4, -0.2) is 53.4 Å². The van der Waals surface area contributed by atoms with E-state index in [-0.39, 0.29) is 17.7 Å². The van der Waals surface area contributed by atoms with Gasteiger partial charge in [-0.05, 0) is 76.3 Å². The van der Waals surface area contributed by atoms with Gasteiger partial charge in [0.25, 0.3) is 5.91 Å². The van der Waals surface area contributed by atoms with E-state index in [1.165, 1.54) is 0 Å². The number of thiol groups is 1. The summed E-state index contributed by atoms with van der Waals surface area (Å²) in [7, 11) is 1.57. The van der Waals surface area contributed by atoms with E-state index in [0.29, 0.717) is 29.3 Å². The van der Waals surface area contributed by atoms with Crippen LogP contribution in [0.3, 0.4) is 0 Å². The molecule has 0 aromatic heterocycles. The van der Waals surface area contributed by atoms with Crippen LogP contribution in [0, 0.1) is 5.92 Å². The van der Waals surface area contributed by atoms with Crippen molar-refractivity contribution in [1.29, 1.82) is 0 Å². The van der Waals surface area contributed by atoms with Crippen molar-refractivity contribution in [3.05, 3.63) is 60.2 Å². The third-order valence-electron chi connectivity index (χ3n) is 6.06. The van der Waals surface area contributed by atoms with Crippen LogP contribution in [0.1, 0.15) is 66.0 Å². The molecule has 39 heavy (non-hydrogen) atoms. The Hall–Kier alpha value is -3.20. The van der Waals surface area contributed by atoms with Crippen LogP contribution >= 0.6 is 12.6 Å². The van der Waals surface area contributed by atoms with Gasteiger partial charge in [0, 0.05) is 17.5 Å². The lowest BCUT2D eigenvalue weighted by Gasteiger charge is -2.38. The van der Waals surface area contributed by atoms with E-state index in [4.69, 9.17) is 9.47 Å². The standard InChI is InChI=1S/C30H43N3O5S/c1-20(2)13-14-21(3)33(28(35)25(19-39)32-29(36)38-30(4,5)6)26(22-11-9-8-10-12-22)27(34)31-23-15-17-24(37-7)18-16-23/h8-12,15-18,20-21,25-26,39H,13-14,19H2,1-7H3,(H,31,34)(H,32,36). The van der Waals surface area contributed by atoms with Gasteiger partial charge in [-0.25, -0.2) is 4.79 Å². The number of carbonyl (C=O) groups excluding carboxylic acids is 3. The number of ether oxygens (including phenoxy) is 2. The number of nitrogens with zero attached hydrogens (tertiary/aromatic N) is 1. The van der Waals surface area contributed by atoms with Gasteiger partial charge in [-0.1, -0.05) is 44.2 Å². The minimum atomic E-state index is -0.996. The fourth-order valence-corrected chi connectivity index (χ4v) is 4.33. The molecule has 0 saturated carbocycles. The lowest BCUT2D eigenvalue weighted by molar-refractivity contribution is -0.143. The van der Waals surface area contributed by atoms with E-state index in [0.717, 1.165) is 6.42 Å². The van der Waals surface area contributed by atoms with Gasteiger partial charge in [0.15, 0.2) is 0 Å². The average Bonchev–Trinajstić information content (AvgIpc) is 2.88. The van der Waals surface area contributed by atoms with Crippen LogP contribution in [-0.2, 0) is 14.3 Å². The second-order valence-electron chi connectivity index (χ2n) is 11.0. The number of carbonyl (C=O) groups is 3. The van der Waals surface area contributed by atoms with Crippen molar-refractivity contribution in [2.75, 3.05) is 18.2 Å². The Morgan fingerprint density at radius 1 is 0.949 bits per heavy atom. The maximum Gasteiger partial charge on any atom is 0.408 e. The fraction of sp³-hybridized carbons (Fsp3) is 0.500. The number of methoxy groups -OCH3 is 1. The third-order valence-corrected chi connectivity index (χ3v) is 6.43. The van der Waals surface area contributed by atoms with E-state index < -0.39 is 29.7 Å². The highest BCUT2D eigenvalue weighted by Crippen LogP contribution is 2.29. The molecule has 2 aromatic rings. The van der Waals surface area contributed by atoms with Crippen LogP contribution in [0.4, 0.5) is 10.5 Å². The first kappa shape index (κ1) is 32.0. The third kappa shape index (κ3) is 10.1. The average molecular weight is 558 g/mol. The number of hydrogen-bond acceptors (Lipinski definition) is 6. The number of hydrogen-bond donors (Lipinski definition) is 3. The first-order chi connectivity index (χ1) is 18.4. The van der Waals surface area contributed by atoms with Gasteiger partial charge in [0.2, 0.25) is 5.91 Å². The Balaban J connectivity index is 2.50. The zero-order valence-corrected chi connectivity index (χ0v) is 25.0. The Morgan fingerprint density at radius 2 is 1.56 bits per heavy atom. The van der Waals surface area contributed by atoms with Crippen molar-refractivity contribution in [2.45, 2.75) is 78.1 Å². The summed E-state index contributed by atoms with van der Waals surface area (Å²) in [5.74, 6) is 0.328. The van der Waals surface area contributed by atoms with E-state index in [1.54, 1.807) is 57.0 Å². The largest absolute Gasteiger partial charge is 0.497 e. The van der Waals surface area contributed by atoms with E-state index in [2.05, 4.69) is 37.1 Å². The van der Waals surface area contributed by atoms with Crippen LogP contribution in [0.15, 0.2) is 54.6 Å². The highest BCUT2D eigenvalue weighted by molar-refractivity contribution is 7.80. The predicted molar refractivity (Wildman–Crippen MR) is 158 cm³/mol. The summed E-state index contributed by atoms with van der Waals surface area (Å²) in [5, 5.41) is 5.61. The Kier molecular flexibility index (Phi) is 12.2. The minimum Gasteiger partial charge on any atom is -0.497 e. The molecule has 2 N–H and O–H groups in total. The van der Waals surface area contributed by atoms with Gasteiger partial charge in [-0.2, -0.15) is 12.6 Å². The number of rotatable bonds is 12. The van der Waals surface area contributed by atoms with Crippen molar-refractivity contribution in [3.63, 3.8) is 0 Å². The zero-order valence-electron chi connectivity index (χ0n) is 24.1. The van der Waals surface area contributed by atoms with Crippen LogP contribution in [0.5, 0.6) is 5.75 Å². The lowest BCUT2D eigenvalue weighted by atomic mass is 9.97. The van der Waals surface area contributed by atoms with Crippen LogP contribution < -0.4 is 15.4 Å². The molecule has 2 rings (SSSR count). The molecule has 3 unspecified atom stereocenters. The van der Waals surface area contributed by atoms with Gasteiger partial charge in [-0.15, -0.1) is 0 Å². The highest BCUT2D eigenvalue weighted by Gasteiger charge is 2.38. The van der Waals surface area contributed by atoms with Crippen LogP contribution in [0.2, 0.25) is 0 Å². The molecule has 3 amide bonds. The molecule has 0 heterocycles. The van der Waals surface area contributed by atoms with Gasteiger partial charge in [0.05, 0.1) is 7.11 Å². The van der Waals surface area contributed by atoms with Gasteiger partial charge in [0.1, 0.15) is 23.4 Å². The molecule has 0 aliphatic rings. The van der Waals surface area contributed by atoms with Crippen molar-refractivity contribution >= 4 is 36.2 Å². The van der Waals surface area contributed by atoms with Crippen molar-refractivity contribution < 1.29 is 23.9 Å². The second kappa shape index (κ2) is 14.8. The molecule has 8 nitrogen and oxygen atoms in total.